The minimum absolute atomic E-state index is 0.364. The quantitative estimate of drug-likeness (QED) is 0.778. The van der Waals surface area contributed by atoms with E-state index in [2.05, 4.69) is 36.1 Å². The van der Waals surface area contributed by atoms with Gasteiger partial charge in [0.25, 0.3) is 0 Å². The fraction of sp³-hybridized carbons (Fsp3) is 0.636. The lowest BCUT2D eigenvalue weighted by molar-refractivity contribution is 0.430. The normalized spacial score (nSPS) is 13.1. The van der Waals surface area contributed by atoms with Crippen LogP contribution in [-0.4, -0.2) is 16.5 Å². The van der Waals surface area contributed by atoms with E-state index >= 15 is 0 Å². The summed E-state index contributed by atoms with van der Waals surface area (Å²) >= 11 is 0. The summed E-state index contributed by atoms with van der Waals surface area (Å²) in [5, 5.41) is 3.44. The Morgan fingerprint density at radius 1 is 1.43 bits per heavy atom. The lowest BCUT2D eigenvalue weighted by Crippen LogP contribution is -2.23. The summed E-state index contributed by atoms with van der Waals surface area (Å²) in [5.74, 6) is 0.675. The number of aromatic nitrogens is 2. The second-order valence-corrected chi connectivity index (χ2v) is 3.87. The SMILES string of the molecule is CCNC(CC(C)C)c1ccncn1. The topological polar surface area (TPSA) is 37.8 Å². The number of hydrogen-bond donors (Lipinski definition) is 1. The summed E-state index contributed by atoms with van der Waals surface area (Å²) in [7, 11) is 0. The highest BCUT2D eigenvalue weighted by Crippen LogP contribution is 2.18. The Bertz CT molecular complexity index is 246. The maximum absolute atomic E-state index is 4.28. The molecule has 1 N–H and O–H groups in total. The van der Waals surface area contributed by atoms with Gasteiger partial charge < -0.3 is 5.32 Å². The lowest BCUT2D eigenvalue weighted by atomic mass is 10.0. The molecule has 3 nitrogen and oxygen atoms in total. The van der Waals surface area contributed by atoms with Gasteiger partial charge in [-0.05, 0) is 24.9 Å². The average molecular weight is 193 g/mol. The molecule has 0 spiro atoms. The molecule has 3 heteroatoms. The predicted octanol–water partition coefficient (Wildman–Crippen LogP) is 2.17. The molecule has 1 rings (SSSR count). The second-order valence-electron chi connectivity index (χ2n) is 3.87. The third-order valence-electron chi connectivity index (χ3n) is 2.12. The fourth-order valence-electron chi connectivity index (χ4n) is 1.53. The first-order chi connectivity index (χ1) is 6.74. The molecular weight excluding hydrogens is 174 g/mol. The van der Waals surface area contributed by atoms with E-state index in [1.165, 1.54) is 0 Å². The fourth-order valence-corrected chi connectivity index (χ4v) is 1.53. The van der Waals surface area contributed by atoms with Gasteiger partial charge in [-0.1, -0.05) is 20.8 Å². The predicted molar refractivity (Wildman–Crippen MR) is 57.9 cm³/mol. The average Bonchev–Trinajstić information content (AvgIpc) is 2.18. The summed E-state index contributed by atoms with van der Waals surface area (Å²) in [6.07, 6.45) is 4.53. The molecule has 78 valence electrons. The molecule has 0 bridgehead atoms. The third-order valence-corrected chi connectivity index (χ3v) is 2.12. The molecule has 1 unspecified atom stereocenters. The molecule has 0 saturated heterocycles. The largest absolute Gasteiger partial charge is 0.309 e. The molecule has 0 amide bonds. The van der Waals surface area contributed by atoms with Crippen LogP contribution in [0.15, 0.2) is 18.6 Å². The lowest BCUT2D eigenvalue weighted by Gasteiger charge is -2.18. The van der Waals surface area contributed by atoms with Crippen molar-refractivity contribution in [3.8, 4) is 0 Å². The van der Waals surface area contributed by atoms with Crippen LogP contribution in [0.25, 0.3) is 0 Å². The van der Waals surface area contributed by atoms with Crippen molar-refractivity contribution >= 4 is 0 Å². The molecule has 0 aromatic carbocycles. The van der Waals surface area contributed by atoms with Crippen LogP contribution in [0, 0.1) is 5.92 Å². The first-order valence-electron chi connectivity index (χ1n) is 5.23. The van der Waals surface area contributed by atoms with Crippen molar-refractivity contribution in [3.05, 3.63) is 24.3 Å². The summed E-state index contributed by atoms with van der Waals surface area (Å²) in [4.78, 5) is 8.21. The van der Waals surface area contributed by atoms with E-state index in [1.807, 2.05) is 6.07 Å². The van der Waals surface area contributed by atoms with Crippen molar-refractivity contribution in [3.63, 3.8) is 0 Å². The van der Waals surface area contributed by atoms with E-state index in [1.54, 1.807) is 12.5 Å². The van der Waals surface area contributed by atoms with Crippen molar-refractivity contribution < 1.29 is 0 Å². The standard InChI is InChI=1S/C11H19N3/c1-4-13-11(7-9(2)3)10-5-6-12-8-14-10/h5-6,8-9,11,13H,4,7H2,1-3H3. The summed E-state index contributed by atoms with van der Waals surface area (Å²) in [6, 6.07) is 2.35. The van der Waals surface area contributed by atoms with Gasteiger partial charge in [0.2, 0.25) is 0 Å². The Morgan fingerprint density at radius 3 is 2.71 bits per heavy atom. The Labute approximate surface area is 86.0 Å². The molecule has 14 heavy (non-hydrogen) atoms. The molecule has 0 aliphatic heterocycles. The van der Waals surface area contributed by atoms with Crippen LogP contribution in [0.1, 0.15) is 38.9 Å². The zero-order chi connectivity index (χ0) is 10.4. The maximum Gasteiger partial charge on any atom is 0.115 e. The number of rotatable bonds is 5. The van der Waals surface area contributed by atoms with E-state index in [0.717, 1.165) is 18.7 Å². The first-order valence-corrected chi connectivity index (χ1v) is 5.23. The second kappa shape index (κ2) is 5.70. The highest BCUT2D eigenvalue weighted by molar-refractivity contribution is 5.04. The van der Waals surface area contributed by atoms with E-state index in [0.29, 0.717) is 12.0 Å². The van der Waals surface area contributed by atoms with Gasteiger partial charge in [0.1, 0.15) is 6.33 Å². The van der Waals surface area contributed by atoms with Gasteiger partial charge in [-0.15, -0.1) is 0 Å². The molecule has 0 fully saturated rings. The molecule has 0 radical (unpaired) electrons. The number of nitrogens with one attached hydrogen (secondary N) is 1. The minimum atomic E-state index is 0.364. The van der Waals surface area contributed by atoms with Crippen LogP contribution >= 0.6 is 0 Å². The highest BCUT2D eigenvalue weighted by Gasteiger charge is 2.12. The Balaban J connectivity index is 2.67. The minimum Gasteiger partial charge on any atom is -0.309 e. The molecular formula is C11H19N3. The van der Waals surface area contributed by atoms with E-state index in [-0.39, 0.29) is 0 Å². The number of nitrogens with zero attached hydrogens (tertiary/aromatic N) is 2. The Kier molecular flexibility index (Phi) is 4.53. The van der Waals surface area contributed by atoms with Gasteiger partial charge in [0.15, 0.2) is 0 Å². The van der Waals surface area contributed by atoms with Gasteiger partial charge in [-0.2, -0.15) is 0 Å². The Morgan fingerprint density at radius 2 is 2.21 bits per heavy atom. The van der Waals surface area contributed by atoms with Crippen LogP contribution < -0.4 is 5.32 Å². The van der Waals surface area contributed by atoms with E-state index in [9.17, 15) is 0 Å². The molecule has 1 aromatic heterocycles. The molecule has 1 aromatic rings. The third kappa shape index (κ3) is 3.42. The number of hydrogen-bond acceptors (Lipinski definition) is 3. The summed E-state index contributed by atoms with van der Waals surface area (Å²) in [5.41, 5.74) is 1.09. The van der Waals surface area contributed by atoms with E-state index in [4.69, 9.17) is 0 Å². The van der Waals surface area contributed by atoms with Crippen LogP contribution in [0.2, 0.25) is 0 Å². The van der Waals surface area contributed by atoms with Crippen molar-refractivity contribution in [2.75, 3.05) is 6.54 Å². The van der Waals surface area contributed by atoms with Crippen molar-refractivity contribution in [1.82, 2.24) is 15.3 Å². The van der Waals surface area contributed by atoms with Gasteiger partial charge in [0, 0.05) is 12.2 Å². The van der Waals surface area contributed by atoms with Crippen LogP contribution in [0.5, 0.6) is 0 Å². The smallest absolute Gasteiger partial charge is 0.115 e. The molecule has 1 atom stereocenters. The van der Waals surface area contributed by atoms with Gasteiger partial charge in [0.05, 0.1) is 5.69 Å². The van der Waals surface area contributed by atoms with Gasteiger partial charge in [-0.25, -0.2) is 9.97 Å². The van der Waals surface area contributed by atoms with Gasteiger partial charge in [-0.3, -0.25) is 0 Å². The summed E-state index contributed by atoms with van der Waals surface area (Å²) < 4.78 is 0. The van der Waals surface area contributed by atoms with Crippen molar-refractivity contribution in [2.24, 2.45) is 5.92 Å². The zero-order valence-corrected chi connectivity index (χ0v) is 9.20. The molecule has 0 saturated carbocycles. The highest BCUT2D eigenvalue weighted by atomic mass is 14.9. The van der Waals surface area contributed by atoms with Crippen LogP contribution in [0.4, 0.5) is 0 Å². The first kappa shape index (κ1) is 11.1. The van der Waals surface area contributed by atoms with Crippen molar-refractivity contribution in [2.45, 2.75) is 33.2 Å². The maximum atomic E-state index is 4.28. The van der Waals surface area contributed by atoms with Gasteiger partial charge >= 0.3 is 0 Å². The van der Waals surface area contributed by atoms with E-state index < -0.39 is 0 Å². The molecule has 0 aliphatic carbocycles. The van der Waals surface area contributed by atoms with Crippen LogP contribution in [-0.2, 0) is 0 Å². The Hall–Kier alpha value is -0.960. The zero-order valence-electron chi connectivity index (χ0n) is 9.20. The van der Waals surface area contributed by atoms with Crippen molar-refractivity contribution in [1.29, 1.82) is 0 Å². The monoisotopic (exact) mass is 193 g/mol. The molecule has 0 aliphatic rings. The van der Waals surface area contributed by atoms with Crippen LogP contribution in [0.3, 0.4) is 0 Å². The molecule has 1 heterocycles. The summed E-state index contributed by atoms with van der Waals surface area (Å²) in [6.45, 7) is 7.55.